The predicted octanol–water partition coefficient (Wildman–Crippen LogP) is 5.86. The molecule has 1 aliphatic carbocycles. The summed E-state index contributed by atoms with van der Waals surface area (Å²) in [7, 11) is 1.59. The molecule has 6 rings (SSSR count). The van der Waals surface area contributed by atoms with Gasteiger partial charge >= 0.3 is 12.0 Å². The van der Waals surface area contributed by atoms with Crippen molar-refractivity contribution in [1.29, 1.82) is 0 Å². The van der Waals surface area contributed by atoms with E-state index in [4.69, 9.17) is 19.2 Å². The van der Waals surface area contributed by atoms with Gasteiger partial charge in [0.05, 0.1) is 38.0 Å². The second-order valence-corrected chi connectivity index (χ2v) is 15.7. The van der Waals surface area contributed by atoms with Gasteiger partial charge in [-0.05, 0) is 42.3 Å². The number of urea groups is 1. The highest BCUT2D eigenvalue weighted by molar-refractivity contribution is 7.09. The van der Waals surface area contributed by atoms with Crippen LogP contribution in [0.2, 0.25) is 0 Å². The molecular weight excluding hydrogens is 707 g/mol. The molecule has 4 amide bonds. The van der Waals surface area contributed by atoms with E-state index in [9.17, 15) is 19.2 Å². The van der Waals surface area contributed by atoms with Crippen LogP contribution in [-0.4, -0.2) is 77.7 Å². The van der Waals surface area contributed by atoms with Crippen molar-refractivity contribution in [3.8, 4) is 22.8 Å². The van der Waals surface area contributed by atoms with Crippen molar-refractivity contribution in [1.82, 2.24) is 25.8 Å². The molecule has 2 unspecified atom stereocenters. The van der Waals surface area contributed by atoms with Gasteiger partial charge in [-0.25, -0.2) is 14.6 Å². The van der Waals surface area contributed by atoms with Crippen LogP contribution in [0.5, 0.6) is 11.5 Å². The molecular formula is C41H47N5O7S. The van der Waals surface area contributed by atoms with Gasteiger partial charge in [0, 0.05) is 40.3 Å². The maximum atomic E-state index is 14.3. The number of carbonyl (C=O) groups excluding carboxylic acids is 4. The average Bonchev–Trinajstić information content (AvgIpc) is 3.43. The third-order valence-electron chi connectivity index (χ3n) is 9.87. The van der Waals surface area contributed by atoms with E-state index in [0.717, 1.165) is 15.8 Å². The lowest BCUT2D eigenvalue weighted by Crippen LogP contribution is -2.59. The number of thiophene rings is 1. The average molecular weight is 754 g/mol. The fraction of sp³-hybridized carbons (Fsp3) is 0.390. The molecule has 2 aliphatic rings. The highest BCUT2D eigenvalue weighted by atomic mass is 32.1. The Hall–Kier alpha value is -5.43. The molecule has 1 saturated heterocycles. The number of esters is 1. The maximum Gasteiger partial charge on any atom is 0.332 e. The van der Waals surface area contributed by atoms with Crippen molar-refractivity contribution in [3.05, 3.63) is 89.6 Å². The standard InChI is InChI=1S/C41H47N5O7S/c1-7-26-22-41(26,38(49)52-8-2)45-36(47)33-20-28(24-46(33)39(50)44-35(40(3,4)5)37(48)42-23-29-15-12-18-54-29)53-34-21-31(25-13-10-9-11-14-25)43-32-19-27(51-6)16-17-30(32)34/h7,9-19,21,26,28,33,35H,1,8,20,22-24H2,2-6H3,(H,42,48)(H,44,50)(H,45,47)/t26?,28-,33+,35?,41-/m1/s1. The number of nitrogens with one attached hydrogen (secondary N) is 3. The number of fused-ring (bicyclic) bond motifs is 1. The van der Waals surface area contributed by atoms with E-state index in [-0.39, 0.29) is 31.4 Å². The number of hydrogen-bond acceptors (Lipinski definition) is 9. The Balaban J connectivity index is 1.30. The molecule has 284 valence electrons. The lowest BCUT2D eigenvalue weighted by molar-refractivity contribution is -0.149. The van der Waals surface area contributed by atoms with Gasteiger partial charge in [-0.3, -0.25) is 9.59 Å². The number of nitrogens with zero attached hydrogens (tertiary/aromatic N) is 2. The van der Waals surface area contributed by atoms with E-state index in [2.05, 4.69) is 22.5 Å². The summed E-state index contributed by atoms with van der Waals surface area (Å²) in [5.74, 6) is -0.592. The third-order valence-corrected chi connectivity index (χ3v) is 10.7. The molecule has 13 heteroatoms. The van der Waals surface area contributed by atoms with Crippen LogP contribution < -0.4 is 25.4 Å². The summed E-state index contributed by atoms with van der Waals surface area (Å²) >= 11 is 1.52. The fourth-order valence-electron chi connectivity index (χ4n) is 6.83. The third kappa shape index (κ3) is 8.20. The molecule has 4 aromatic rings. The van der Waals surface area contributed by atoms with E-state index in [1.54, 1.807) is 20.1 Å². The fourth-order valence-corrected chi connectivity index (χ4v) is 7.47. The largest absolute Gasteiger partial charge is 0.497 e. The van der Waals surface area contributed by atoms with Gasteiger partial charge in [-0.15, -0.1) is 17.9 Å². The second-order valence-electron chi connectivity index (χ2n) is 14.7. The normalized spacial score (nSPS) is 21.1. The Morgan fingerprint density at radius 1 is 1.09 bits per heavy atom. The molecule has 0 bridgehead atoms. The number of likely N-dealkylation sites (tertiary alicyclic amines) is 1. The van der Waals surface area contributed by atoms with Crippen molar-refractivity contribution in [2.24, 2.45) is 11.3 Å². The maximum absolute atomic E-state index is 14.3. The number of hydrogen-bond donors (Lipinski definition) is 3. The lowest BCUT2D eigenvalue weighted by atomic mass is 9.86. The van der Waals surface area contributed by atoms with Crippen LogP contribution in [0.3, 0.4) is 0 Å². The monoisotopic (exact) mass is 753 g/mol. The van der Waals surface area contributed by atoms with E-state index in [1.165, 1.54) is 16.2 Å². The van der Waals surface area contributed by atoms with Crippen LogP contribution in [0.25, 0.3) is 22.2 Å². The molecule has 2 fully saturated rings. The number of pyridine rings is 1. The van der Waals surface area contributed by atoms with Crippen molar-refractivity contribution in [3.63, 3.8) is 0 Å². The molecule has 3 N–H and O–H groups in total. The zero-order chi connectivity index (χ0) is 38.6. The topological polar surface area (TPSA) is 148 Å². The molecule has 54 heavy (non-hydrogen) atoms. The zero-order valence-corrected chi connectivity index (χ0v) is 32.0. The molecule has 0 spiro atoms. The minimum Gasteiger partial charge on any atom is -0.497 e. The number of methoxy groups -OCH3 is 1. The first-order chi connectivity index (χ1) is 25.9. The quantitative estimate of drug-likeness (QED) is 0.114. The molecule has 5 atom stereocenters. The van der Waals surface area contributed by atoms with Crippen LogP contribution in [-0.2, 0) is 25.7 Å². The van der Waals surface area contributed by atoms with Crippen LogP contribution in [0.4, 0.5) is 4.79 Å². The Kier molecular flexibility index (Phi) is 11.3. The Morgan fingerprint density at radius 2 is 1.87 bits per heavy atom. The Labute approximate surface area is 319 Å². The summed E-state index contributed by atoms with van der Waals surface area (Å²) in [5.41, 5.74) is 0.265. The zero-order valence-electron chi connectivity index (χ0n) is 31.2. The Bertz CT molecular complexity index is 2020. The summed E-state index contributed by atoms with van der Waals surface area (Å²) in [6.45, 7) is 11.6. The van der Waals surface area contributed by atoms with Crippen LogP contribution in [0, 0.1) is 11.3 Å². The minimum absolute atomic E-state index is 0.0233. The summed E-state index contributed by atoms with van der Waals surface area (Å²) < 4.78 is 17.5. The van der Waals surface area contributed by atoms with Gasteiger partial charge in [-0.2, -0.15) is 0 Å². The highest BCUT2D eigenvalue weighted by Gasteiger charge is 2.62. The van der Waals surface area contributed by atoms with E-state index < -0.39 is 47.0 Å². The predicted molar refractivity (Wildman–Crippen MR) is 207 cm³/mol. The number of aromatic nitrogens is 1. The van der Waals surface area contributed by atoms with E-state index in [1.807, 2.05) is 92.9 Å². The van der Waals surface area contributed by atoms with E-state index >= 15 is 0 Å². The van der Waals surface area contributed by atoms with Crippen LogP contribution >= 0.6 is 11.3 Å². The number of carbonyl (C=O) groups is 4. The molecule has 2 aromatic heterocycles. The summed E-state index contributed by atoms with van der Waals surface area (Å²) in [4.78, 5) is 62.4. The lowest BCUT2D eigenvalue weighted by Gasteiger charge is -2.33. The van der Waals surface area contributed by atoms with Gasteiger partial charge < -0.3 is 35.1 Å². The van der Waals surface area contributed by atoms with Crippen molar-refractivity contribution >= 4 is 46.1 Å². The van der Waals surface area contributed by atoms with Crippen molar-refractivity contribution in [2.45, 2.75) is 70.8 Å². The van der Waals surface area contributed by atoms with Gasteiger partial charge in [0.15, 0.2) is 0 Å². The molecule has 2 aromatic carbocycles. The van der Waals surface area contributed by atoms with Crippen LogP contribution in [0.15, 0.2) is 84.8 Å². The molecule has 1 saturated carbocycles. The minimum atomic E-state index is -1.27. The summed E-state index contributed by atoms with van der Waals surface area (Å²) in [6.07, 6.45) is 1.43. The number of amides is 4. The second kappa shape index (κ2) is 15.9. The number of ether oxygens (including phenoxy) is 3. The molecule has 12 nitrogen and oxygen atoms in total. The first-order valence-corrected chi connectivity index (χ1v) is 18.9. The Morgan fingerprint density at radius 3 is 2.52 bits per heavy atom. The van der Waals surface area contributed by atoms with Crippen molar-refractivity contribution in [2.75, 3.05) is 20.3 Å². The van der Waals surface area contributed by atoms with Crippen molar-refractivity contribution < 1.29 is 33.4 Å². The summed E-state index contributed by atoms with van der Waals surface area (Å²) in [5, 5.41) is 11.4. The SMILES string of the molecule is C=CC1C[C@]1(NC(=O)[C@@H]1C[C@@H](Oc2cc(-c3ccccc3)nc3cc(OC)ccc23)CN1C(=O)NC(C(=O)NCc1cccs1)C(C)(C)C)C(=O)OCC. The van der Waals surface area contributed by atoms with Crippen LogP contribution in [0.1, 0.15) is 45.4 Å². The van der Waals surface area contributed by atoms with Gasteiger partial charge in [0.25, 0.3) is 0 Å². The van der Waals surface area contributed by atoms with Gasteiger partial charge in [-0.1, -0.05) is 63.2 Å². The smallest absolute Gasteiger partial charge is 0.332 e. The number of rotatable bonds is 13. The first kappa shape index (κ1) is 38.3. The molecule has 3 heterocycles. The molecule has 1 aliphatic heterocycles. The van der Waals surface area contributed by atoms with E-state index in [0.29, 0.717) is 35.7 Å². The summed E-state index contributed by atoms with van der Waals surface area (Å²) in [6, 6.07) is 18.3. The number of benzene rings is 2. The molecule has 0 radical (unpaired) electrons. The van der Waals surface area contributed by atoms with Gasteiger partial charge in [0.1, 0.15) is 35.2 Å². The first-order valence-electron chi connectivity index (χ1n) is 18.1. The highest BCUT2D eigenvalue weighted by Crippen LogP contribution is 2.46. The van der Waals surface area contributed by atoms with Gasteiger partial charge in [0.2, 0.25) is 11.8 Å².